The van der Waals surface area contributed by atoms with Gasteiger partial charge in [0.15, 0.2) is 17.5 Å². The predicted molar refractivity (Wildman–Crippen MR) is 102 cm³/mol. The van der Waals surface area contributed by atoms with Gasteiger partial charge in [0.2, 0.25) is 0 Å². The van der Waals surface area contributed by atoms with Crippen LogP contribution in [0.3, 0.4) is 0 Å². The summed E-state index contributed by atoms with van der Waals surface area (Å²) in [6, 6.07) is 1.58. The van der Waals surface area contributed by atoms with E-state index < -0.39 is 11.4 Å². The fourth-order valence-corrected chi connectivity index (χ4v) is 3.62. The summed E-state index contributed by atoms with van der Waals surface area (Å²) in [5.74, 6) is 2.29. The van der Waals surface area contributed by atoms with Crippen LogP contribution in [0, 0.1) is 18.2 Å². The van der Waals surface area contributed by atoms with Gasteiger partial charge in [-0.05, 0) is 25.3 Å². The zero-order chi connectivity index (χ0) is 19.0. The number of nitrogens with zero attached hydrogens (tertiary/aromatic N) is 3. The van der Waals surface area contributed by atoms with Crippen molar-refractivity contribution in [2.75, 3.05) is 5.32 Å². The highest BCUT2D eigenvalue weighted by Crippen LogP contribution is 2.31. The van der Waals surface area contributed by atoms with E-state index in [1.807, 2.05) is 0 Å². The lowest BCUT2D eigenvalue weighted by Crippen LogP contribution is -2.39. The fourth-order valence-electron chi connectivity index (χ4n) is 3.46. The maximum Gasteiger partial charge on any atom is 0.183 e. The standard InChI is InChI=1S/C19H17ClFN5O/c1-2-19(27)5-3-4-12(7-19)25-18-15(21)10-24-17(26-18)14-9-23-16-13(14)6-11(20)8-22-16/h1,6,8-10,12,27H,3-5,7H2,(H,22,23)(H,24,25,26). The van der Waals surface area contributed by atoms with Crippen LogP contribution in [0.2, 0.25) is 5.02 Å². The van der Waals surface area contributed by atoms with Crippen LogP contribution in [0.15, 0.2) is 24.7 Å². The highest BCUT2D eigenvalue weighted by molar-refractivity contribution is 6.31. The summed E-state index contributed by atoms with van der Waals surface area (Å²) in [5.41, 5.74) is 0.150. The van der Waals surface area contributed by atoms with Gasteiger partial charge in [-0.25, -0.2) is 19.3 Å². The van der Waals surface area contributed by atoms with Crippen molar-refractivity contribution in [3.8, 4) is 23.7 Å². The molecule has 0 radical (unpaired) electrons. The monoisotopic (exact) mass is 385 g/mol. The second kappa shape index (κ2) is 6.80. The van der Waals surface area contributed by atoms with Gasteiger partial charge in [-0.15, -0.1) is 6.42 Å². The molecule has 1 saturated carbocycles. The summed E-state index contributed by atoms with van der Waals surface area (Å²) in [5, 5.41) is 14.6. The summed E-state index contributed by atoms with van der Waals surface area (Å²) in [7, 11) is 0. The van der Waals surface area contributed by atoms with E-state index in [0.29, 0.717) is 34.9 Å². The summed E-state index contributed by atoms with van der Waals surface area (Å²) in [6.45, 7) is 0. The average molecular weight is 386 g/mol. The number of aromatic nitrogens is 4. The minimum atomic E-state index is -1.17. The van der Waals surface area contributed by atoms with Gasteiger partial charge in [0.1, 0.15) is 11.2 Å². The lowest BCUT2D eigenvalue weighted by atomic mass is 9.82. The Hall–Kier alpha value is -2.69. The minimum absolute atomic E-state index is 0.0793. The molecule has 3 aromatic heterocycles. The van der Waals surface area contributed by atoms with Crippen molar-refractivity contribution >= 4 is 28.5 Å². The molecule has 6 nitrogen and oxygen atoms in total. The Balaban J connectivity index is 1.65. The van der Waals surface area contributed by atoms with Crippen molar-refractivity contribution in [1.29, 1.82) is 0 Å². The number of aromatic amines is 1. The smallest absolute Gasteiger partial charge is 0.183 e. The molecule has 1 aliphatic rings. The quantitative estimate of drug-likeness (QED) is 0.600. The molecule has 0 saturated heterocycles. The van der Waals surface area contributed by atoms with Gasteiger partial charge in [0.25, 0.3) is 0 Å². The molecule has 0 aromatic carbocycles. The fraction of sp³-hybridized carbons (Fsp3) is 0.316. The Bertz CT molecular complexity index is 1050. The summed E-state index contributed by atoms with van der Waals surface area (Å²) in [6.07, 6.45) is 12.2. The molecule has 1 aliphatic carbocycles. The second-order valence-corrected chi connectivity index (χ2v) is 7.19. The molecule has 8 heteroatoms. The van der Waals surface area contributed by atoms with Crippen LogP contribution in [0.5, 0.6) is 0 Å². The van der Waals surface area contributed by atoms with Crippen LogP contribution in [-0.4, -0.2) is 36.7 Å². The maximum atomic E-state index is 14.3. The van der Waals surface area contributed by atoms with Gasteiger partial charge < -0.3 is 15.4 Å². The molecule has 1 fully saturated rings. The summed E-state index contributed by atoms with van der Waals surface area (Å²) in [4.78, 5) is 15.7. The number of hydrogen-bond acceptors (Lipinski definition) is 5. The van der Waals surface area contributed by atoms with Crippen molar-refractivity contribution in [2.45, 2.75) is 37.3 Å². The number of rotatable bonds is 3. The number of pyridine rings is 1. The van der Waals surface area contributed by atoms with Crippen LogP contribution in [0.1, 0.15) is 25.7 Å². The first-order valence-electron chi connectivity index (χ1n) is 8.60. The molecule has 3 N–H and O–H groups in total. The number of nitrogens with one attached hydrogen (secondary N) is 2. The van der Waals surface area contributed by atoms with Gasteiger partial charge in [-0.2, -0.15) is 0 Å². The zero-order valence-corrected chi connectivity index (χ0v) is 15.1. The molecule has 3 heterocycles. The molecule has 0 bridgehead atoms. The lowest BCUT2D eigenvalue weighted by Gasteiger charge is -2.33. The Morgan fingerprint density at radius 2 is 2.26 bits per heavy atom. The van der Waals surface area contributed by atoms with Gasteiger partial charge in [0, 0.05) is 35.8 Å². The molecule has 2 atom stereocenters. The van der Waals surface area contributed by atoms with Gasteiger partial charge in [0.05, 0.1) is 11.2 Å². The van der Waals surface area contributed by atoms with Crippen molar-refractivity contribution in [1.82, 2.24) is 19.9 Å². The minimum Gasteiger partial charge on any atom is -0.378 e. The normalized spacial score (nSPS) is 22.5. The Labute approximate surface area is 160 Å². The maximum absolute atomic E-state index is 14.3. The highest BCUT2D eigenvalue weighted by atomic mass is 35.5. The zero-order valence-electron chi connectivity index (χ0n) is 14.3. The SMILES string of the molecule is C#CC1(O)CCCC(Nc2nc(-c3c[nH]c4ncc(Cl)cc34)ncc2F)C1. The third kappa shape index (κ3) is 3.46. The molecular formula is C19H17ClFN5O. The van der Waals surface area contributed by atoms with Crippen molar-refractivity contribution in [3.05, 3.63) is 35.5 Å². The van der Waals surface area contributed by atoms with E-state index in [1.54, 1.807) is 18.5 Å². The third-order valence-corrected chi connectivity index (χ3v) is 5.03. The van der Waals surface area contributed by atoms with E-state index in [4.69, 9.17) is 18.0 Å². The largest absolute Gasteiger partial charge is 0.378 e. The molecule has 3 aromatic rings. The van der Waals surface area contributed by atoms with Crippen LogP contribution >= 0.6 is 11.6 Å². The average Bonchev–Trinajstić information content (AvgIpc) is 3.07. The van der Waals surface area contributed by atoms with E-state index >= 15 is 0 Å². The van der Waals surface area contributed by atoms with Gasteiger partial charge in [-0.1, -0.05) is 17.5 Å². The predicted octanol–water partition coefficient (Wildman–Crippen LogP) is 3.53. The van der Waals surface area contributed by atoms with Crippen LogP contribution in [0.25, 0.3) is 22.4 Å². The van der Waals surface area contributed by atoms with Crippen molar-refractivity contribution < 1.29 is 9.50 Å². The molecular weight excluding hydrogens is 369 g/mol. The lowest BCUT2D eigenvalue weighted by molar-refractivity contribution is 0.0562. The van der Waals surface area contributed by atoms with E-state index in [2.05, 4.69) is 31.2 Å². The Morgan fingerprint density at radius 1 is 1.41 bits per heavy atom. The van der Waals surface area contributed by atoms with E-state index in [1.165, 1.54) is 0 Å². The molecule has 138 valence electrons. The summed E-state index contributed by atoms with van der Waals surface area (Å²) < 4.78 is 14.3. The van der Waals surface area contributed by atoms with Crippen molar-refractivity contribution in [3.63, 3.8) is 0 Å². The molecule has 2 unspecified atom stereocenters. The van der Waals surface area contributed by atoms with Gasteiger partial charge in [-0.3, -0.25) is 0 Å². The third-order valence-electron chi connectivity index (χ3n) is 4.82. The van der Waals surface area contributed by atoms with Crippen molar-refractivity contribution in [2.24, 2.45) is 0 Å². The second-order valence-electron chi connectivity index (χ2n) is 6.76. The Kier molecular flexibility index (Phi) is 4.46. The Morgan fingerprint density at radius 3 is 3.07 bits per heavy atom. The topological polar surface area (TPSA) is 86.7 Å². The van der Waals surface area contributed by atoms with Crippen LogP contribution in [-0.2, 0) is 0 Å². The first kappa shape index (κ1) is 17.7. The van der Waals surface area contributed by atoms with E-state index in [-0.39, 0.29) is 11.9 Å². The van der Waals surface area contributed by atoms with E-state index in [9.17, 15) is 9.50 Å². The van der Waals surface area contributed by atoms with Crippen LogP contribution in [0.4, 0.5) is 10.2 Å². The number of halogens is 2. The number of H-pyrrole nitrogens is 1. The molecule has 0 spiro atoms. The number of anilines is 1. The molecule has 4 rings (SSSR count). The number of terminal acetylenes is 1. The first-order chi connectivity index (χ1) is 13.0. The molecule has 0 amide bonds. The van der Waals surface area contributed by atoms with Crippen LogP contribution < -0.4 is 5.32 Å². The number of hydrogen-bond donors (Lipinski definition) is 3. The highest BCUT2D eigenvalue weighted by Gasteiger charge is 2.33. The molecule has 27 heavy (non-hydrogen) atoms. The van der Waals surface area contributed by atoms with Gasteiger partial charge >= 0.3 is 0 Å². The van der Waals surface area contributed by atoms with E-state index in [0.717, 1.165) is 24.4 Å². The number of aliphatic hydroxyl groups is 1. The number of fused-ring (bicyclic) bond motifs is 1. The first-order valence-corrected chi connectivity index (χ1v) is 8.97. The molecule has 0 aliphatic heterocycles. The summed E-state index contributed by atoms with van der Waals surface area (Å²) >= 11 is 6.03.